The number of hydrogen-bond acceptors (Lipinski definition) is 4. The Labute approximate surface area is 227 Å². The van der Waals surface area contributed by atoms with Gasteiger partial charge in [0, 0.05) is 43.9 Å². The van der Waals surface area contributed by atoms with Crippen molar-refractivity contribution in [1.29, 1.82) is 0 Å². The lowest BCUT2D eigenvalue weighted by Gasteiger charge is -2.33. The Morgan fingerprint density at radius 1 is 1.02 bits per heavy atom. The standard InChI is InChI=1S/C28H30F3N5O4/c1-15(2)36-24-12-22(31)23(11-20(24)26(38)35(28(36)40)13-16-5-6-16)33-27(39)34-9-3-4-18(14-34)32-25(37)19-8-7-17(29)10-21(19)30/h7-8,10-12,15-16,18H,3-6,9,13-14H2,1-2H3,(H,32,37)(H,33,39). The maximum Gasteiger partial charge on any atom is 0.331 e. The summed E-state index contributed by atoms with van der Waals surface area (Å²) in [5.74, 6) is -3.07. The first-order valence-corrected chi connectivity index (χ1v) is 13.3. The number of piperidine rings is 1. The van der Waals surface area contributed by atoms with E-state index in [1.54, 1.807) is 13.8 Å². The van der Waals surface area contributed by atoms with Crippen molar-refractivity contribution < 1.29 is 22.8 Å². The molecule has 2 N–H and O–H groups in total. The van der Waals surface area contributed by atoms with Crippen LogP contribution in [0.15, 0.2) is 39.9 Å². The third kappa shape index (κ3) is 5.47. The van der Waals surface area contributed by atoms with Crippen molar-refractivity contribution in [2.75, 3.05) is 18.4 Å². The van der Waals surface area contributed by atoms with Crippen molar-refractivity contribution in [3.05, 3.63) is 74.2 Å². The summed E-state index contributed by atoms with van der Waals surface area (Å²) in [7, 11) is 0. The number of anilines is 1. The normalized spacial score (nSPS) is 17.4. The van der Waals surface area contributed by atoms with Gasteiger partial charge in [-0.25, -0.2) is 22.8 Å². The SMILES string of the molecule is CC(C)n1c(=O)n(CC2CC2)c(=O)c2cc(NC(=O)N3CCCC(NC(=O)c4ccc(F)cc4F)C3)c(F)cc21. The summed E-state index contributed by atoms with van der Waals surface area (Å²) in [5.41, 5.74) is -1.39. The molecule has 0 bridgehead atoms. The first-order valence-electron chi connectivity index (χ1n) is 13.3. The predicted octanol–water partition coefficient (Wildman–Crippen LogP) is 4.00. The molecule has 3 amide bonds. The highest BCUT2D eigenvalue weighted by Crippen LogP contribution is 2.30. The number of hydrogen-bond donors (Lipinski definition) is 2. The van der Waals surface area contributed by atoms with E-state index in [1.807, 2.05) is 0 Å². The molecule has 212 valence electrons. The predicted molar refractivity (Wildman–Crippen MR) is 143 cm³/mol. The van der Waals surface area contributed by atoms with Gasteiger partial charge in [-0.3, -0.25) is 18.7 Å². The fraction of sp³-hybridized carbons (Fsp3) is 0.429. The van der Waals surface area contributed by atoms with E-state index in [0.717, 1.165) is 31.0 Å². The average Bonchev–Trinajstić information content (AvgIpc) is 3.72. The Bertz CT molecular complexity index is 1610. The third-order valence-corrected chi connectivity index (χ3v) is 7.37. The molecule has 2 aliphatic rings. The van der Waals surface area contributed by atoms with Crippen molar-refractivity contribution in [1.82, 2.24) is 19.4 Å². The lowest BCUT2D eigenvalue weighted by atomic mass is 10.1. The van der Waals surface area contributed by atoms with E-state index in [0.29, 0.717) is 32.0 Å². The quantitative estimate of drug-likeness (QED) is 0.478. The molecule has 1 atom stereocenters. The summed E-state index contributed by atoms with van der Waals surface area (Å²) < 4.78 is 45.0. The van der Waals surface area contributed by atoms with E-state index in [2.05, 4.69) is 10.6 Å². The summed E-state index contributed by atoms with van der Waals surface area (Å²) in [6, 6.07) is 3.53. The van der Waals surface area contributed by atoms with Gasteiger partial charge >= 0.3 is 11.7 Å². The second kappa shape index (κ2) is 10.8. The summed E-state index contributed by atoms with van der Waals surface area (Å²) in [5, 5.41) is 5.30. The fourth-order valence-electron chi connectivity index (χ4n) is 5.12. The largest absolute Gasteiger partial charge is 0.347 e. The first kappa shape index (κ1) is 27.5. The second-order valence-electron chi connectivity index (χ2n) is 10.8. The van der Waals surface area contributed by atoms with Crippen LogP contribution in [-0.4, -0.2) is 45.1 Å². The van der Waals surface area contributed by atoms with Crippen LogP contribution in [-0.2, 0) is 6.54 Å². The molecule has 5 rings (SSSR count). The number of carbonyl (C=O) groups is 2. The van der Waals surface area contributed by atoms with Crippen LogP contribution in [0.5, 0.6) is 0 Å². The van der Waals surface area contributed by atoms with E-state index < -0.39 is 46.7 Å². The minimum absolute atomic E-state index is 0.0800. The molecule has 2 aromatic carbocycles. The number of fused-ring (bicyclic) bond motifs is 1. The molecule has 1 aliphatic heterocycles. The van der Waals surface area contributed by atoms with Gasteiger partial charge in [-0.1, -0.05) is 0 Å². The van der Waals surface area contributed by atoms with Crippen molar-refractivity contribution in [2.45, 2.75) is 58.2 Å². The van der Waals surface area contributed by atoms with Crippen LogP contribution in [0.2, 0.25) is 0 Å². The molecule has 0 spiro atoms. The minimum atomic E-state index is -0.992. The van der Waals surface area contributed by atoms with Crippen LogP contribution in [0.1, 0.15) is 55.9 Å². The van der Waals surface area contributed by atoms with Gasteiger partial charge in [-0.2, -0.15) is 0 Å². The van der Waals surface area contributed by atoms with Crippen molar-refractivity contribution in [3.8, 4) is 0 Å². The molecule has 3 aromatic rings. The Kier molecular flexibility index (Phi) is 7.43. The summed E-state index contributed by atoms with van der Waals surface area (Å²) in [4.78, 5) is 53.3. The van der Waals surface area contributed by atoms with Crippen LogP contribution in [0.4, 0.5) is 23.7 Å². The number of halogens is 3. The van der Waals surface area contributed by atoms with E-state index in [9.17, 15) is 28.0 Å². The summed E-state index contributed by atoms with van der Waals surface area (Å²) in [6.07, 6.45) is 2.92. The molecule has 0 radical (unpaired) electrons. The summed E-state index contributed by atoms with van der Waals surface area (Å²) in [6.45, 7) is 4.25. The number of urea groups is 1. The zero-order chi connectivity index (χ0) is 28.7. The average molecular weight is 558 g/mol. The van der Waals surface area contributed by atoms with Gasteiger partial charge in [0.1, 0.15) is 17.5 Å². The topological polar surface area (TPSA) is 105 Å². The number of nitrogens with zero attached hydrogens (tertiary/aromatic N) is 3. The van der Waals surface area contributed by atoms with Crippen molar-refractivity contribution >= 4 is 28.5 Å². The molecule has 40 heavy (non-hydrogen) atoms. The molecule has 1 aliphatic carbocycles. The van der Waals surface area contributed by atoms with E-state index in [1.165, 1.54) is 20.1 Å². The van der Waals surface area contributed by atoms with Gasteiger partial charge in [-0.15, -0.1) is 0 Å². The van der Waals surface area contributed by atoms with Gasteiger partial charge < -0.3 is 15.5 Å². The minimum Gasteiger partial charge on any atom is -0.347 e. The number of nitrogens with one attached hydrogen (secondary N) is 2. The number of aromatic nitrogens is 2. The van der Waals surface area contributed by atoms with E-state index in [4.69, 9.17) is 0 Å². The number of amides is 3. The van der Waals surface area contributed by atoms with Gasteiger partial charge in [0.15, 0.2) is 0 Å². The molecule has 1 unspecified atom stereocenters. The first-order chi connectivity index (χ1) is 19.0. The third-order valence-electron chi connectivity index (χ3n) is 7.37. The zero-order valence-electron chi connectivity index (χ0n) is 22.2. The highest BCUT2D eigenvalue weighted by atomic mass is 19.1. The van der Waals surface area contributed by atoms with Crippen molar-refractivity contribution in [2.24, 2.45) is 5.92 Å². The molecule has 1 saturated heterocycles. The highest BCUT2D eigenvalue weighted by molar-refractivity contribution is 5.95. The van der Waals surface area contributed by atoms with Crippen molar-refractivity contribution in [3.63, 3.8) is 0 Å². The van der Waals surface area contributed by atoms with Gasteiger partial charge in [-0.05, 0) is 63.6 Å². The molecule has 12 heteroatoms. The monoisotopic (exact) mass is 557 g/mol. The fourth-order valence-corrected chi connectivity index (χ4v) is 5.12. The molecule has 2 heterocycles. The van der Waals surface area contributed by atoms with Gasteiger partial charge in [0.25, 0.3) is 11.5 Å². The Hall–Kier alpha value is -4.09. The lowest BCUT2D eigenvalue weighted by Crippen LogP contribution is -2.50. The molecule has 9 nitrogen and oxygen atoms in total. The zero-order valence-corrected chi connectivity index (χ0v) is 22.2. The number of likely N-dealkylation sites (tertiary alicyclic amines) is 1. The number of benzene rings is 2. The van der Waals surface area contributed by atoms with Crippen LogP contribution in [0, 0.1) is 23.4 Å². The van der Waals surface area contributed by atoms with Crippen LogP contribution in [0.3, 0.4) is 0 Å². The van der Waals surface area contributed by atoms with Crippen LogP contribution >= 0.6 is 0 Å². The maximum atomic E-state index is 15.2. The van der Waals surface area contributed by atoms with Gasteiger partial charge in [0.05, 0.1) is 22.2 Å². The van der Waals surface area contributed by atoms with E-state index >= 15 is 4.39 Å². The highest BCUT2D eigenvalue weighted by Gasteiger charge is 2.28. The Balaban J connectivity index is 1.36. The lowest BCUT2D eigenvalue weighted by molar-refractivity contribution is 0.0908. The van der Waals surface area contributed by atoms with Crippen LogP contribution in [0.25, 0.3) is 10.9 Å². The summed E-state index contributed by atoms with van der Waals surface area (Å²) >= 11 is 0. The Morgan fingerprint density at radius 3 is 2.45 bits per heavy atom. The molecular formula is C28H30F3N5O4. The number of carbonyl (C=O) groups excluding carboxylic acids is 2. The second-order valence-corrected chi connectivity index (χ2v) is 10.8. The van der Waals surface area contributed by atoms with E-state index in [-0.39, 0.29) is 40.7 Å². The number of rotatable bonds is 6. The molecular weight excluding hydrogens is 527 g/mol. The molecule has 1 aromatic heterocycles. The van der Waals surface area contributed by atoms with Gasteiger partial charge in [0.2, 0.25) is 0 Å². The van der Waals surface area contributed by atoms with Crippen LogP contribution < -0.4 is 21.9 Å². The Morgan fingerprint density at radius 2 is 1.77 bits per heavy atom. The maximum absolute atomic E-state index is 15.2. The smallest absolute Gasteiger partial charge is 0.331 e. The molecule has 1 saturated carbocycles. The molecule has 2 fully saturated rings.